The van der Waals surface area contributed by atoms with Crippen LogP contribution in [0.2, 0.25) is 0 Å². The average Bonchev–Trinajstić information content (AvgIpc) is 3.01. The number of nitrogens with one attached hydrogen (secondary N) is 1. The van der Waals surface area contributed by atoms with E-state index in [0.717, 1.165) is 10.1 Å². The van der Waals surface area contributed by atoms with Crippen molar-refractivity contribution < 1.29 is 4.79 Å². The predicted octanol–water partition coefficient (Wildman–Crippen LogP) is 2.05. The maximum Gasteiger partial charge on any atom is 0.336 e. The summed E-state index contributed by atoms with van der Waals surface area (Å²) in [4.78, 5) is 38.0. The monoisotopic (exact) mass is 357 g/mol. The van der Waals surface area contributed by atoms with Crippen LogP contribution in [0.25, 0.3) is 15.9 Å². The summed E-state index contributed by atoms with van der Waals surface area (Å²) in [5, 5.41) is 4.53. The molecule has 0 radical (unpaired) electrons. The molecule has 0 atom stereocenters. The van der Waals surface area contributed by atoms with E-state index in [-0.39, 0.29) is 24.1 Å². The van der Waals surface area contributed by atoms with Gasteiger partial charge in [-0.05, 0) is 49.9 Å². The van der Waals surface area contributed by atoms with Gasteiger partial charge < -0.3 is 5.32 Å². The minimum atomic E-state index is -0.514. The van der Waals surface area contributed by atoms with E-state index >= 15 is 0 Å². The Morgan fingerprint density at radius 1 is 1.24 bits per heavy atom. The average molecular weight is 357 g/mol. The number of fused-ring (bicyclic) bond motifs is 1. The Bertz CT molecular complexity index is 1060. The zero-order valence-electron chi connectivity index (χ0n) is 14.3. The van der Waals surface area contributed by atoms with Crippen LogP contribution in [0.3, 0.4) is 0 Å². The Labute approximate surface area is 148 Å². The fraction of sp³-hybridized carbons (Fsp3) is 0.278. The van der Waals surface area contributed by atoms with Gasteiger partial charge in [-0.3, -0.25) is 14.2 Å². The molecule has 6 nitrogen and oxygen atoms in total. The molecule has 1 N–H and O–H groups in total. The molecule has 0 fully saturated rings. The summed E-state index contributed by atoms with van der Waals surface area (Å²) in [6, 6.07) is 8.86. The van der Waals surface area contributed by atoms with E-state index in [1.165, 1.54) is 15.9 Å². The first-order valence-electron chi connectivity index (χ1n) is 7.98. The Balaban J connectivity index is 2.24. The first-order valence-corrected chi connectivity index (χ1v) is 8.86. The van der Waals surface area contributed by atoms with E-state index in [4.69, 9.17) is 0 Å². The molecule has 7 heteroatoms. The lowest BCUT2D eigenvalue weighted by molar-refractivity contribution is -0.122. The Kier molecular flexibility index (Phi) is 4.59. The fourth-order valence-electron chi connectivity index (χ4n) is 2.75. The van der Waals surface area contributed by atoms with E-state index < -0.39 is 5.69 Å². The molecule has 130 valence electrons. The highest BCUT2D eigenvalue weighted by Gasteiger charge is 2.17. The van der Waals surface area contributed by atoms with Crippen molar-refractivity contribution in [1.82, 2.24) is 14.5 Å². The van der Waals surface area contributed by atoms with Crippen LogP contribution in [-0.4, -0.2) is 21.1 Å². The molecule has 1 amide bonds. The minimum absolute atomic E-state index is 0.0242. The quantitative estimate of drug-likeness (QED) is 0.777. The van der Waals surface area contributed by atoms with Crippen molar-refractivity contribution in [2.24, 2.45) is 0 Å². The minimum Gasteiger partial charge on any atom is -0.352 e. The molecule has 0 aliphatic carbocycles. The third-order valence-electron chi connectivity index (χ3n) is 3.77. The number of carbonyl (C=O) groups is 1. The van der Waals surface area contributed by atoms with Crippen LogP contribution in [0.4, 0.5) is 0 Å². The van der Waals surface area contributed by atoms with Crippen molar-refractivity contribution >= 4 is 27.5 Å². The van der Waals surface area contributed by atoms with Gasteiger partial charge >= 0.3 is 5.69 Å². The van der Waals surface area contributed by atoms with E-state index in [9.17, 15) is 14.4 Å². The molecule has 0 saturated carbocycles. The lowest BCUT2D eigenvalue weighted by Crippen LogP contribution is -2.42. The van der Waals surface area contributed by atoms with Crippen LogP contribution in [-0.2, 0) is 11.3 Å². The van der Waals surface area contributed by atoms with Gasteiger partial charge in [0.1, 0.15) is 11.2 Å². The normalized spacial score (nSPS) is 11.2. The second-order valence-electron chi connectivity index (χ2n) is 6.21. The molecule has 1 aromatic carbocycles. The third kappa shape index (κ3) is 3.28. The number of aromatic nitrogens is 2. The molecule has 0 unspecified atom stereocenters. The molecular weight excluding hydrogens is 338 g/mol. The van der Waals surface area contributed by atoms with Crippen molar-refractivity contribution in [2.45, 2.75) is 33.4 Å². The molecular formula is C18H19N3O3S. The van der Waals surface area contributed by atoms with Gasteiger partial charge in [-0.2, -0.15) is 0 Å². The topological polar surface area (TPSA) is 73.1 Å². The summed E-state index contributed by atoms with van der Waals surface area (Å²) in [5.41, 5.74) is 1.06. The molecule has 3 aromatic rings. The number of thiophene rings is 1. The predicted molar refractivity (Wildman–Crippen MR) is 99.7 cm³/mol. The van der Waals surface area contributed by atoms with Gasteiger partial charge in [0.2, 0.25) is 5.91 Å². The highest BCUT2D eigenvalue weighted by Crippen LogP contribution is 2.16. The van der Waals surface area contributed by atoms with Crippen LogP contribution in [0.5, 0.6) is 0 Å². The SMILES string of the molecule is Cc1cccc(-n2c(=O)c3sccc3n(CC(=O)NC(C)C)c2=O)c1. The number of aryl methyl sites for hydroxylation is 1. The molecule has 2 heterocycles. The van der Waals surface area contributed by atoms with Crippen molar-refractivity contribution in [2.75, 3.05) is 0 Å². The van der Waals surface area contributed by atoms with Crippen LogP contribution in [0.1, 0.15) is 19.4 Å². The van der Waals surface area contributed by atoms with Crippen LogP contribution in [0, 0.1) is 6.92 Å². The Hall–Kier alpha value is -2.67. The largest absolute Gasteiger partial charge is 0.352 e. The second-order valence-corrected chi connectivity index (χ2v) is 7.12. The molecule has 0 spiro atoms. The van der Waals surface area contributed by atoms with Crippen LogP contribution in [0.15, 0.2) is 45.3 Å². The van der Waals surface area contributed by atoms with Gasteiger partial charge in [0, 0.05) is 6.04 Å². The Morgan fingerprint density at radius 3 is 2.68 bits per heavy atom. The molecule has 0 saturated heterocycles. The summed E-state index contributed by atoms with van der Waals surface area (Å²) in [5.74, 6) is -0.265. The van der Waals surface area contributed by atoms with Crippen molar-refractivity contribution in [3.8, 4) is 5.69 Å². The van der Waals surface area contributed by atoms with Crippen molar-refractivity contribution in [3.63, 3.8) is 0 Å². The summed E-state index contributed by atoms with van der Waals surface area (Å²) in [6.07, 6.45) is 0. The summed E-state index contributed by atoms with van der Waals surface area (Å²) in [7, 11) is 0. The van der Waals surface area contributed by atoms with Gasteiger partial charge in [-0.15, -0.1) is 11.3 Å². The third-order valence-corrected chi connectivity index (χ3v) is 4.66. The highest BCUT2D eigenvalue weighted by molar-refractivity contribution is 7.17. The van der Waals surface area contributed by atoms with E-state index in [1.807, 2.05) is 26.8 Å². The number of nitrogens with zero attached hydrogens (tertiary/aromatic N) is 2. The zero-order chi connectivity index (χ0) is 18.1. The number of carbonyl (C=O) groups excluding carboxylic acids is 1. The number of benzene rings is 1. The van der Waals surface area contributed by atoms with Gasteiger partial charge in [-0.1, -0.05) is 12.1 Å². The molecule has 0 bridgehead atoms. The van der Waals surface area contributed by atoms with E-state index in [0.29, 0.717) is 15.9 Å². The molecule has 3 rings (SSSR count). The van der Waals surface area contributed by atoms with Crippen LogP contribution < -0.4 is 16.6 Å². The number of hydrogen-bond acceptors (Lipinski definition) is 4. The van der Waals surface area contributed by atoms with Crippen molar-refractivity contribution in [3.05, 3.63) is 62.1 Å². The molecule has 2 aromatic heterocycles. The molecule has 0 aliphatic heterocycles. The fourth-order valence-corrected chi connectivity index (χ4v) is 3.57. The van der Waals surface area contributed by atoms with Gasteiger partial charge in [0.05, 0.1) is 11.2 Å². The molecule has 25 heavy (non-hydrogen) atoms. The van der Waals surface area contributed by atoms with E-state index in [2.05, 4.69) is 5.32 Å². The number of hydrogen-bond donors (Lipinski definition) is 1. The molecule has 0 aliphatic rings. The first kappa shape index (κ1) is 17.2. The second kappa shape index (κ2) is 6.68. The summed E-state index contributed by atoms with van der Waals surface area (Å²) >= 11 is 1.27. The van der Waals surface area contributed by atoms with Gasteiger partial charge in [0.25, 0.3) is 5.56 Å². The number of rotatable bonds is 4. The van der Waals surface area contributed by atoms with Gasteiger partial charge in [-0.25, -0.2) is 9.36 Å². The van der Waals surface area contributed by atoms with Crippen LogP contribution >= 0.6 is 11.3 Å². The summed E-state index contributed by atoms with van der Waals surface area (Å²) < 4.78 is 2.94. The summed E-state index contributed by atoms with van der Waals surface area (Å²) in [6.45, 7) is 5.48. The number of amides is 1. The highest BCUT2D eigenvalue weighted by atomic mass is 32.1. The van der Waals surface area contributed by atoms with E-state index in [1.54, 1.807) is 29.6 Å². The maximum absolute atomic E-state index is 13.0. The lowest BCUT2D eigenvalue weighted by atomic mass is 10.2. The van der Waals surface area contributed by atoms with Gasteiger partial charge in [0.15, 0.2) is 0 Å². The Morgan fingerprint density at radius 2 is 2.00 bits per heavy atom. The standard InChI is InChI=1S/C18H19N3O3S/c1-11(2)19-15(22)10-20-14-7-8-25-16(14)17(23)21(18(20)24)13-6-4-5-12(3)9-13/h4-9,11H,10H2,1-3H3,(H,19,22). The smallest absolute Gasteiger partial charge is 0.336 e. The zero-order valence-corrected chi connectivity index (χ0v) is 15.1. The first-order chi connectivity index (χ1) is 11.9. The lowest BCUT2D eigenvalue weighted by Gasteiger charge is -2.13. The maximum atomic E-state index is 13.0. The van der Waals surface area contributed by atoms with Crippen molar-refractivity contribution in [1.29, 1.82) is 0 Å².